The number of nitrogens with zero attached hydrogens (tertiary/aromatic N) is 2. The van der Waals surface area contributed by atoms with E-state index in [1.807, 2.05) is 23.1 Å². The molecule has 0 bridgehead atoms. The Morgan fingerprint density at radius 3 is 2.41 bits per heavy atom. The minimum atomic E-state index is -0.373. The third-order valence-electron chi connectivity index (χ3n) is 6.69. The molecule has 1 atom stereocenters. The number of carbonyl (C=O) groups excluding carboxylic acids is 3. The van der Waals surface area contributed by atoms with E-state index >= 15 is 0 Å². The first-order valence-electron chi connectivity index (χ1n) is 11.5. The van der Waals surface area contributed by atoms with Gasteiger partial charge in [-0.3, -0.25) is 14.4 Å². The average molecular weight is 434 g/mol. The van der Waals surface area contributed by atoms with Crippen molar-refractivity contribution in [2.24, 2.45) is 0 Å². The Morgan fingerprint density at radius 1 is 0.969 bits per heavy atom. The number of amides is 3. The Hall–Kier alpha value is -3.15. The van der Waals surface area contributed by atoms with Crippen molar-refractivity contribution in [3.63, 3.8) is 0 Å². The molecule has 2 aliphatic heterocycles. The van der Waals surface area contributed by atoms with Crippen molar-refractivity contribution >= 4 is 18.2 Å². The summed E-state index contributed by atoms with van der Waals surface area (Å²) in [5.41, 5.74) is 3.14. The Bertz CT molecular complexity index is 945. The van der Waals surface area contributed by atoms with Crippen LogP contribution in [-0.4, -0.2) is 59.7 Å². The second-order valence-electron chi connectivity index (χ2n) is 8.94. The van der Waals surface area contributed by atoms with Gasteiger partial charge in [-0.1, -0.05) is 54.6 Å². The first kappa shape index (κ1) is 22.1. The molecule has 0 saturated carbocycles. The molecule has 3 amide bonds. The van der Waals surface area contributed by atoms with E-state index < -0.39 is 0 Å². The van der Waals surface area contributed by atoms with E-state index in [1.54, 1.807) is 4.90 Å². The van der Waals surface area contributed by atoms with Gasteiger partial charge in [0.15, 0.2) is 0 Å². The lowest BCUT2D eigenvalue weighted by molar-refractivity contribution is -0.132. The van der Waals surface area contributed by atoms with Gasteiger partial charge < -0.3 is 15.1 Å². The highest BCUT2D eigenvalue weighted by Gasteiger charge is 2.38. The van der Waals surface area contributed by atoms with Crippen molar-refractivity contribution in [2.45, 2.75) is 44.1 Å². The van der Waals surface area contributed by atoms with Gasteiger partial charge in [-0.15, -0.1) is 0 Å². The van der Waals surface area contributed by atoms with Gasteiger partial charge in [0.2, 0.25) is 18.2 Å². The summed E-state index contributed by atoms with van der Waals surface area (Å²) in [6, 6.07) is 18.8. The minimum Gasteiger partial charge on any atom is -0.350 e. The van der Waals surface area contributed by atoms with Crippen molar-refractivity contribution in [1.29, 1.82) is 0 Å². The fraction of sp³-hybridized carbons (Fsp3) is 0.423. The van der Waals surface area contributed by atoms with Crippen molar-refractivity contribution < 1.29 is 14.4 Å². The van der Waals surface area contributed by atoms with E-state index in [2.05, 4.69) is 41.7 Å². The van der Waals surface area contributed by atoms with Crippen LogP contribution in [0.2, 0.25) is 0 Å². The number of nitrogens with one attached hydrogen (secondary N) is 1. The van der Waals surface area contributed by atoms with Gasteiger partial charge >= 0.3 is 0 Å². The predicted octanol–water partition coefficient (Wildman–Crippen LogP) is 3.02. The molecular weight excluding hydrogens is 402 g/mol. The molecule has 6 heteroatoms. The predicted molar refractivity (Wildman–Crippen MR) is 124 cm³/mol. The Morgan fingerprint density at radius 2 is 1.72 bits per heavy atom. The largest absolute Gasteiger partial charge is 0.350 e. The molecule has 2 aromatic rings. The minimum absolute atomic E-state index is 0.0646. The lowest BCUT2D eigenvalue weighted by atomic mass is 9.84. The van der Waals surface area contributed by atoms with E-state index in [1.165, 1.54) is 11.1 Å². The summed E-state index contributed by atoms with van der Waals surface area (Å²) in [5, 5.41) is 3.18. The zero-order valence-corrected chi connectivity index (χ0v) is 18.5. The van der Waals surface area contributed by atoms with E-state index in [0.29, 0.717) is 45.4 Å². The molecule has 32 heavy (non-hydrogen) atoms. The first-order chi connectivity index (χ1) is 15.6. The highest BCUT2D eigenvalue weighted by Crippen LogP contribution is 2.31. The number of carbonyl (C=O) groups is 3. The Labute approximate surface area is 189 Å². The standard InChI is InChI=1S/C26H31N3O3/c30-20-28-15-4-16-29(18-17-28)25(32)12-14-26(13-11-24(31)27-26)19-21-7-9-23(10-8-21)22-5-2-1-3-6-22/h1-3,5-10,20H,4,11-19H2,(H,27,31)/t26-/m1/s1. The molecule has 6 nitrogen and oxygen atoms in total. The van der Waals surface area contributed by atoms with Gasteiger partial charge in [0.25, 0.3) is 0 Å². The zero-order valence-electron chi connectivity index (χ0n) is 18.5. The molecule has 2 fully saturated rings. The van der Waals surface area contributed by atoms with Gasteiger partial charge in [0.05, 0.1) is 0 Å². The van der Waals surface area contributed by atoms with Crippen LogP contribution in [0, 0.1) is 0 Å². The molecule has 0 spiro atoms. The van der Waals surface area contributed by atoms with E-state index in [0.717, 1.165) is 31.2 Å². The van der Waals surface area contributed by atoms with E-state index in [4.69, 9.17) is 0 Å². The quantitative estimate of drug-likeness (QED) is 0.683. The van der Waals surface area contributed by atoms with Gasteiger partial charge in [-0.05, 0) is 42.4 Å². The van der Waals surface area contributed by atoms with Crippen LogP contribution in [0.5, 0.6) is 0 Å². The molecule has 0 aromatic heterocycles. The number of hydrogen-bond acceptors (Lipinski definition) is 3. The molecule has 1 N–H and O–H groups in total. The third kappa shape index (κ3) is 5.36. The lowest BCUT2D eigenvalue weighted by Gasteiger charge is -2.30. The first-order valence-corrected chi connectivity index (χ1v) is 11.5. The molecular formula is C26H31N3O3. The molecule has 2 aromatic carbocycles. The van der Waals surface area contributed by atoms with Crippen LogP contribution in [0.3, 0.4) is 0 Å². The SMILES string of the molecule is O=CN1CCCN(C(=O)CC[C@@]2(Cc3ccc(-c4ccccc4)cc3)CCC(=O)N2)CC1. The summed E-state index contributed by atoms with van der Waals surface area (Å²) in [5.74, 6) is 0.174. The van der Waals surface area contributed by atoms with E-state index in [9.17, 15) is 14.4 Å². The molecule has 0 aliphatic carbocycles. The Kier molecular flexibility index (Phi) is 6.88. The number of rotatable bonds is 7. The molecule has 2 saturated heterocycles. The summed E-state index contributed by atoms with van der Waals surface area (Å²) >= 11 is 0. The van der Waals surface area contributed by atoms with Crippen molar-refractivity contribution in [3.8, 4) is 11.1 Å². The number of benzene rings is 2. The molecule has 0 unspecified atom stereocenters. The van der Waals surface area contributed by atoms with Crippen molar-refractivity contribution in [1.82, 2.24) is 15.1 Å². The summed E-state index contributed by atoms with van der Waals surface area (Å²) in [6.07, 6.45) is 4.68. The fourth-order valence-electron chi connectivity index (χ4n) is 4.81. The second kappa shape index (κ2) is 9.98. The van der Waals surface area contributed by atoms with Crippen LogP contribution in [0.15, 0.2) is 54.6 Å². The normalized spacial score (nSPS) is 21.2. The lowest BCUT2D eigenvalue weighted by Crippen LogP contribution is -2.45. The maximum absolute atomic E-state index is 12.9. The van der Waals surface area contributed by atoms with Gasteiger partial charge in [0.1, 0.15) is 0 Å². The van der Waals surface area contributed by atoms with Crippen LogP contribution in [-0.2, 0) is 20.8 Å². The number of hydrogen-bond donors (Lipinski definition) is 1. The summed E-state index contributed by atoms with van der Waals surface area (Å²) in [6.45, 7) is 2.55. The fourth-order valence-corrected chi connectivity index (χ4v) is 4.81. The van der Waals surface area contributed by atoms with E-state index in [-0.39, 0.29) is 17.4 Å². The van der Waals surface area contributed by atoms with Crippen molar-refractivity contribution in [3.05, 3.63) is 60.2 Å². The van der Waals surface area contributed by atoms with Crippen LogP contribution in [0.1, 0.15) is 37.7 Å². The molecule has 168 valence electrons. The maximum Gasteiger partial charge on any atom is 0.222 e. The van der Waals surface area contributed by atoms with Crippen LogP contribution < -0.4 is 5.32 Å². The summed E-state index contributed by atoms with van der Waals surface area (Å²) in [7, 11) is 0. The topological polar surface area (TPSA) is 69.7 Å². The highest BCUT2D eigenvalue weighted by molar-refractivity contribution is 5.80. The Balaban J connectivity index is 1.40. The monoisotopic (exact) mass is 433 g/mol. The second-order valence-corrected chi connectivity index (χ2v) is 8.94. The molecule has 2 aliphatic rings. The van der Waals surface area contributed by atoms with Crippen LogP contribution in [0.4, 0.5) is 0 Å². The molecule has 2 heterocycles. The maximum atomic E-state index is 12.9. The zero-order chi connectivity index (χ0) is 22.4. The third-order valence-corrected chi connectivity index (χ3v) is 6.69. The molecule has 0 radical (unpaired) electrons. The summed E-state index contributed by atoms with van der Waals surface area (Å²) in [4.78, 5) is 39.6. The van der Waals surface area contributed by atoms with Crippen LogP contribution in [0.25, 0.3) is 11.1 Å². The van der Waals surface area contributed by atoms with Gasteiger partial charge in [0, 0.05) is 44.6 Å². The van der Waals surface area contributed by atoms with Crippen molar-refractivity contribution in [2.75, 3.05) is 26.2 Å². The average Bonchev–Trinajstić information content (AvgIpc) is 3.03. The highest BCUT2D eigenvalue weighted by atomic mass is 16.2. The smallest absolute Gasteiger partial charge is 0.222 e. The van der Waals surface area contributed by atoms with Gasteiger partial charge in [-0.2, -0.15) is 0 Å². The van der Waals surface area contributed by atoms with Gasteiger partial charge in [-0.25, -0.2) is 0 Å². The van der Waals surface area contributed by atoms with Crippen LogP contribution >= 0.6 is 0 Å². The molecule has 4 rings (SSSR count). The summed E-state index contributed by atoms with van der Waals surface area (Å²) < 4.78 is 0.